The van der Waals surface area contributed by atoms with Crippen LogP contribution in [0.3, 0.4) is 0 Å². The summed E-state index contributed by atoms with van der Waals surface area (Å²) in [6.07, 6.45) is -4.16. The molecule has 5 atom stereocenters. The van der Waals surface area contributed by atoms with E-state index in [4.69, 9.17) is 23.7 Å². The Bertz CT molecular complexity index is 2640. The number of ether oxygens (including phenoxy) is 5. The molecule has 0 radical (unpaired) electrons. The number of hydrogen-bond acceptors (Lipinski definition) is 8. The minimum absolute atomic E-state index is 0.0630. The van der Waals surface area contributed by atoms with Crippen LogP contribution in [0, 0.1) is 0 Å². The Kier molecular flexibility index (Phi) is 13.4. The Morgan fingerprint density at radius 2 is 0.938 bits per heavy atom. The standard InChI is InChI=1S/C56H46O7S/c57-53(42-22-7-1-8-23-42)62-50-49(39-60-56(45-27-11-3-12-28-45,46-29-13-4-14-30-46)47-31-15-5-16-32-47)61-55(64-48-33-17-6-18-34-48)52(63-54(58)43-24-9-2-10-25-43)51(50)59-38-40-35-36-41-21-19-20-26-44(41)37-40/h1-37,49-52,55H,38-39H2/t49-,50-,51+,52+,55-/m1/s1. The van der Waals surface area contributed by atoms with Gasteiger partial charge in [0.15, 0.2) is 12.2 Å². The Hall–Kier alpha value is -6.81. The summed E-state index contributed by atoms with van der Waals surface area (Å²) in [6, 6.07) is 71.9. The lowest BCUT2D eigenvalue weighted by molar-refractivity contribution is -0.231. The number of carbonyl (C=O) groups is 2. The molecule has 7 nitrogen and oxygen atoms in total. The minimum atomic E-state index is -1.13. The van der Waals surface area contributed by atoms with Gasteiger partial charge in [-0.05, 0) is 75.5 Å². The molecule has 1 aliphatic heterocycles. The van der Waals surface area contributed by atoms with Crippen molar-refractivity contribution in [1.29, 1.82) is 0 Å². The summed E-state index contributed by atoms with van der Waals surface area (Å²) in [5.74, 6) is -1.15. The highest BCUT2D eigenvalue weighted by atomic mass is 32.2. The van der Waals surface area contributed by atoms with Gasteiger partial charge in [0, 0.05) is 4.90 Å². The fraction of sp³-hybridized carbons (Fsp3) is 0.143. The van der Waals surface area contributed by atoms with Gasteiger partial charge in [-0.2, -0.15) is 0 Å². The van der Waals surface area contributed by atoms with E-state index in [0.29, 0.717) is 11.1 Å². The third kappa shape index (κ3) is 9.56. The lowest BCUT2D eigenvalue weighted by atomic mass is 9.80. The first kappa shape index (κ1) is 42.5. The second kappa shape index (κ2) is 20.1. The number of thioether (sulfide) groups is 1. The Morgan fingerprint density at radius 1 is 0.484 bits per heavy atom. The molecule has 8 aromatic rings. The minimum Gasteiger partial charge on any atom is -0.453 e. The molecule has 1 aliphatic rings. The van der Waals surface area contributed by atoms with Crippen LogP contribution in [0.1, 0.15) is 43.0 Å². The second-order valence-electron chi connectivity index (χ2n) is 15.5. The molecular formula is C56H46O7S. The molecule has 1 saturated heterocycles. The van der Waals surface area contributed by atoms with E-state index in [1.807, 2.05) is 115 Å². The van der Waals surface area contributed by atoms with Crippen molar-refractivity contribution in [3.8, 4) is 0 Å². The molecule has 0 aliphatic carbocycles. The fourth-order valence-corrected chi connectivity index (χ4v) is 9.35. The largest absolute Gasteiger partial charge is 0.453 e. The summed E-state index contributed by atoms with van der Waals surface area (Å²) in [5.41, 5.74) is 2.34. The van der Waals surface area contributed by atoms with E-state index in [2.05, 4.69) is 60.7 Å². The zero-order valence-electron chi connectivity index (χ0n) is 34.9. The zero-order valence-corrected chi connectivity index (χ0v) is 35.7. The molecule has 0 spiro atoms. The van der Waals surface area contributed by atoms with Crippen molar-refractivity contribution in [2.24, 2.45) is 0 Å². The van der Waals surface area contributed by atoms with Gasteiger partial charge < -0.3 is 23.7 Å². The number of benzene rings is 8. The normalized spacial score (nSPS) is 18.5. The van der Waals surface area contributed by atoms with Gasteiger partial charge in [-0.1, -0.05) is 194 Å². The van der Waals surface area contributed by atoms with E-state index in [1.54, 1.807) is 48.5 Å². The van der Waals surface area contributed by atoms with Crippen LogP contribution in [0.5, 0.6) is 0 Å². The summed E-state index contributed by atoms with van der Waals surface area (Å²) < 4.78 is 34.6. The van der Waals surface area contributed by atoms with Gasteiger partial charge in [0.25, 0.3) is 0 Å². The maximum Gasteiger partial charge on any atom is 0.338 e. The summed E-state index contributed by atoms with van der Waals surface area (Å²) >= 11 is 1.41. The maximum atomic E-state index is 14.3. The van der Waals surface area contributed by atoms with Crippen LogP contribution < -0.4 is 0 Å². The Balaban J connectivity index is 1.17. The van der Waals surface area contributed by atoms with Crippen molar-refractivity contribution < 1.29 is 33.3 Å². The summed E-state index contributed by atoms with van der Waals surface area (Å²) in [4.78, 5) is 29.4. The average molecular weight is 863 g/mol. The number of fused-ring (bicyclic) bond motifs is 1. The maximum absolute atomic E-state index is 14.3. The van der Waals surface area contributed by atoms with Crippen LogP contribution in [0.2, 0.25) is 0 Å². The molecule has 64 heavy (non-hydrogen) atoms. The lowest BCUT2D eigenvalue weighted by Crippen LogP contribution is -2.61. The molecular weight excluding hydrogens is 817 g/mol. The quantitative estimate of drug-likeness (QED) is 0.0745. The van der Waals surface area contributed by atoms with Gasteiger partial charge in [-0.15, -0.1) is 0 Å². The monoisotopic (exact) mass is 862 g/mol. The highest BCUT2D eigenvalue weighted by molar-refractivity contribution is 7.99. The molecule has 1 heterocycles. The second-order valence-corrected chi connectivity index (χ2v) is 16.7. The molecule has 0 saturated carbocycles. The van der Waals surface area contributed by atoms with Crippen molar-refractivity contribution in [3.05, 3.63) is 258 Å². The molecule has 9 rings (SSSR count). The van der Waals surface area contributed by atoms with Crippen LogP contribution in [0.25, 0.3) is 10.8 Å². The van der Waals surface area contributed by atoms with E-state index in [-0.39, 0.29) is 13.2 Å². The topological polar surface area (TPSA) is 80.3 Å². The predicted molar refractivity (Wildman–Crippen MR) is 250 cm³/mol. The molecule has 0 aromatic heterocycles. The van der Waals surface area contributed by atoms with Gasteiger partial charge in [0.05, 0.1) is 24.3 Å². The average Bonchev–Trinajstić information content (AvgIpc) is 3.36. The first-order valence-electron chi connectivity index (χ1n) is 21.3. The first-order valence-corrected chi connectivity index (χ1v) is 22.2. The summed E-state index contributed by atoms with van der Waals surface area (Å²) in [6.45, 7) is 0.0546. The van der Waals surface area contributed by atoms with Crippen LogP contribution in [-0.4, -0.2) is 48.4 Å². The van der Waals surface area contributed by atoms with Crippen molar-refractivity contribution in [2.75, 3.05) is 6.61 Å². The molecule has 8 aromatic carbocycles. The molecule has 8 heteroatoms. The van der Waals surface area contributed by atoms with Crippen LogP contribution in [-0.2, 0) is 35.9 Å². The fourth-order valence-electron chi connectivity index (χ4n) is 8.23. The smallest absolute Gasteiger partial charge is 0.338 e. The van der Waals surface area contributed by atoms with E-state index in [9.17, 15) is 9.59 Å². The van der Waals surface area contributed by atoms with E-state index < -0.39 is 47.4 Å². The van der Waals surface area contributed by atoms with Gasteiger partial charge in [0.2, 0.25) is 0 Å². The van der Waals surface area contributed by atoms with Crippen LogP contribution >= 0.6 is 11.8 Å². The first-order chi connectivity index (χ1) is 31.5. The summed E-state index contributed by atoms with van der Waals surface area (Å²) in [5, 5.41) is 2.15. The van der Waals surface area contributed by atoms with Crippen molar-refractivity contribution >= 4 is 34.5 Å². The summed E-state index contributed by atoms with van der Waals surface area (Å²) in [7, 11) is 0. The highest BCUT2D eigenvalue weighted by Crippen LogP contribution is 2.43. The highest BCUT2D eigenvalue weighted by Gasteiger charge is 2.52. The van der Waals surface area contributed by atoms with E-state index in [1.165, 1.54) is 11.8 Å². The number of hydrogen-bond donors (Lipinski definition) is 0. The van der Waals surface area contributed by atoms with Crippen molar-refractivity contribution in [2.45, 2.75) is 47.0 Å². The molecule has 0 bridgehead atoms. The molecule has 0 N–H and O–H groups in total. The Morgan fingerprint density at radius 3 is 1.47 bits per heavy atom. The van der Waals surface area contributed by atoms with Crippen molar-refractivity contribution in [1.82, 2.24) is 0 Å². The number of carbonyl (C=O) groups excluding carboxylic acids is 2. The molecule has 318 valence electrons. The molecule has 0 unspecified atom stereocenters. The molecule has 1 fully saturated rings. The van der Waals surface area contributed by atoms with Gasteiger partial charge in [-0.3, -0.25) is 0 Å². The number of rotatable bonds is 15. The molecule has 0 amide bonds. The van der Waals surface area contributed by atoms with E-state index >= 15 is 0 Å². The number of esters is 2. The lowest BCUT2D eigenvalue weighted by Gasteiger charge is -2.46. The SMILES string of the molecule is O=C(O[C@H]1[C@@H](OCc2ccc3ccccc3c2)[C@H](OC(=O)c2ccccc2)[C@@H](COC(c2ccccc2)(c2ccccc2)c2ccccc2)O[C@@H]1Sc1ccccc1)c1ccccc1. The van der Waals surface area contributed by atoms with Gasteiger partial charge >= 0.3 is 11.9 Å². The van der Waals surface area contributed by atoms with Gasteiger partial charge in [-0.25, -0.2) is 9.59 Å². The third-order valence-electron chi connectivity index (χ3n) is 11.4. The zero-order chi connectivity index (χ0) is 43.6. The third-order valence-corrected chi connectivity index (χ3v) is 12.5. The van der Waals surface area contributed by atoms with Crippen LogP contribution in [0.4, 0.5) is 0 Å². The predicted octanol–water partition coefficient (Wildman–Crippen LogP) is 11.7. The van der Waals surface area contributed by atoms with Crippen LogP contribution in [0.15, 0.2) is 229 Å². The van der Waals surface area contributed by atoms with Crippen molar-refractivity contribution in [3.63, 3.8) is 0 Å². The Labute approximate surface area is 377 Å². The van der Waals surface area contributed by atoms with E-state index in [0.717, 1.165) is 37.9 Å². The van der Waals surface area contributed by atoms with Gasteiger partial charge in [0.1, 0.15) is 23.2 Å².